The number of hydrogen-bond donors (Lipinski definition) is 1. The van der Waals surface area contributed by atoms with Gasteiger partial charge >= 0.3 is 5.97 Å². The van der Waals surface area contributed by atoms with Crippen molar-refractivity contribution in [3.05, 3.63) is 18.6 Å². The molecule has 104 valence electrons. The number of nitrogens with zero attached hydrogens (tertiary/aromatic N) is 2. The van der Waals surface area contributed by atoms with Crippen LogP contribution in [0.15, 0.2) is 23.6 Å². The Hall–Kier alpha value is -1.14. The number of carbonyl (C=O) groups excluding carboxylic acids is 1. The Bertz CT molecular complexity index is 429. The zero-order valence-electron chi connectivity index (χ0n) is 11.0. The van der Waals surface area contributed by atoms with E-state index < -0.39 is 5.54 Å². The molecule has 6 heteroatoms. The highest BCUT2D eigenvalue weighted by Gasteiger charge is 2.46. The molecule has 1 heterocycles. The Morgan fingerprint density at radius 2 is 2.47 bits per heavy atom. The van der Waals surface area contributed by atoms with Crippen LogP contribution in [0.4, 0.5) is 0 Å². The predicted octanol–water partition coefficient (Wildman–Crippen LogP) is 1.63. The maximum atomic E-state index is 11.8. The summed E-state index contributed by atoms with van der Waals surface area (Å²) in [4.78, 5) is 20.0. The number of ether oxygens (including phenoxy) is 1. The third kappa shape index (κ3) is 3.25. The van der Waals surface area contributed by atoms with Crippen molar-refractivity contribution in [1.29, 1.82) is 0 Å². The monoisotopic (exact) mass is 281 g/mol. The molecule has 0 aliphatic heterocycles. The maximum Gasteiger partial charge on any atom is 0.326 e. The molecule has 0 bridgehead atoms. The molecule has 19 heavy (non-hydrogen) atoms. The van der Waals surface area contributed by atoms with Crippen LogP contribution in [0.5, 0.6) is 0 Å². The van der Waals surface area contributed by atoms with Crippen LogP contribution in [0.3, 0.4) is 0 Å². The standard InChI is InChI=1S/C13H19N3O2S/c1-18-12(17)13(14)5-2-3-10(13)4-8-19-11-9-15-6-7-16-11/h6-7,9-10H,2-5,8,14H2,1H3. The van der Waals surface area contributed by atoms with E-state index in [1.165, 1.54) is 7.11 Å². The molecule has 2 N–H and O–H groups in total. The molecule has 1 aromatic heterocycles. The van der Waals surface area contributed by atoms with E-state index in [1.54, 1.807) is 30.4 Å². The lowest BCUT2D eigenvalue weighted by atomic mass is 9.86. The summed E-state index contributed by atoms with van der Waals surface area (Å²) < 4.78 is 4.84. The predicted molar refractivity (Wildman–Crippen MR) is 73.6 cm³/mol. The summed E-state index contributed by atoms with van der Waals surface area (Å²) >= 11 is 1.65. The van der Waals surface area contributed by atoms with Gasteiger partial charge in [-0.1, -0.05) is 6.42 Å². The summed E-state index contributed by atoms with van der Waals surface area (Å²) in [6, 6.07) is 0. The summed E-state index contributed by atoms with van der Waals surface area (Å²) in [5.74, 6) is 0.808. The molecular formula is C13H19N3O2S. The van der Waals surface area contributed by atoms with Gasteiger partial charge in [-0.3, -0.25) is 9.78 Å². The van der Waals surface area contributed by atoms with E-state index in [0.29, 0.717) is 0 Å². The lowest BCUT2D eigenvalue weighted by Gasteiger charge is -2.28. The summed E-state index contributed by atoms with van der Waals surface area (Å²) in [5, 5.41) is 0.904. The van der Waals surface area contributed by atoms with Crippen LogP contribution in [-0.2, 0) is 9.53 Å². The van der Waals surface area contributed by atoms with Crippen LogP contribution in [0, 0.1) is 5.92 Å². The van der Waals surface area contributed by atoms with E-state index in [-0.39, 0.29) is 11.9 Å². The maximum absolute atomic E-state index is 11.8. The number of nitrogens with two attached hydrogens (primary N) is 1. The average molecular weight is 281 g/mol. The van der Waals surface area contributed by atoms with Gasteiger partial charge < -0.3 is 10.5 Å². The highest BCUT2D eigenvalue weighted by atomic mass is 32.2. The molecule has 1 aliphatic carbocycles. The second-order valence-electron chi connectivity index (χ2n) is 4.80. The van der Waals surface area contributed by atoms with Gasteiger partial charge in [0, 0.05) is 12.4 Å². The molecule has 0 amide bonds. The zero-order chi connectivity index (χ0) is 13.7. The van der Waals surface area contributed by atoms with E-state index >= 15 is 0 Å². The fourth-order valence-electron chi connectivity index (χ4n) is 2.63. The minimum Gasteiger partial charge on any atom is -0.468 e. The Morgan fingerprint density at radius 3 is 3.16 bits per heavy atom. The number of hydrogen-bond acceptors (Lipinski definition) is 6. The van der Waals surface area contributed by atoms with Crippen LogP contribution in [0.1, 0.15) is 25.7 Å². The largest absolute Gasteiger partial charge is 0.468 e. The fourth-order valence-corrected chi connectivity index (χ4v) is 3.51. The lowest BCUT2D eigenvalue weighted by Crippen LogP contribution is -2.51. The van der Waals surface area contributed by atoms with Gasteiger partial charge in [-0.2, -0.15) is 0 Å². The van der Waals surface area contributed by atoms with Crippen molar-refractivity contribution in [2.24, 2.45) is 11.7 Å². The molecule has 0 radical (unpaired) electrons. The molecule has 1 aromatic rings. The van der Waals surface area contributed by atoms with Crippen molar-refractivity contribution in [3.8, 4) is 0 Å². The zero-order valence-corrected chi connectivity index (χ0v) is 11.9. The van der Waals surface area contributed by atoms with Crippen molar-refractivity contribution < 1.29 is 9.53 Å². The first-order valence-electron chi connectivity index (χ1n) is 6.43. The summed E-state index contributed by atoms with van der Waals surface area (Å²) in [5.41, 5.74) is 5.43. The van der Waals surface area contributed by atoms with Crippen molar-refractivity contribution in [1.82, 2.24) is 9.97 Å². The third-order valence-electron chi connectivity index (χ3n) is 3.69. The highest BCUT2D eigenvalue weighted by molar-refractivity contribution is 7.99. The Morgan fingerprint density at radius 1 is 1.63 bits per heavy atom. The van der Waals surface area contributed by atoms with E-state index in [2.05, 4.69) is 9.97 Å². The highest BCUT2D eigenvalue weighted by Crippen LogP contribution is 2.38. The molecule has 1 fully saturated rings. The van der Waals surface area contributed by atoms with Gasteiger partial charge in [0.15, 0.2) is 0 Å². The van der Waals surface area contributed by atoms with Gasteiger partial charge in [0.05, 0.1) is 13.3 Å². The fraction of sp³-hybridized carbons (Fsp3) is 0.615. The summed E-state index contributed by atoms with van der Waals surface area (Å²) in [6.07, 6.45) is 8.68. The van der Waals surface area contributed by atoms with Gasteiger partial charge in [0.25, 0.3) is 0 Å². The first-order valence-corrected chi connectivity index (χ1v) is 7.41. The van der Waals surface area contributed by atoms with E-state index in [1.807, 2.05) is 0 Å². The number of methoxy groups -OCH3 is 1. The van der Waals surface area contributed by atoms with Crippen LogP contribution in [0.2, 0.25) is 0 Å². The van der Waals surface area contributed by atoms with E-state index in [4.69, 9.17) is 10.5 Å². The molecule has 5 nitrogen and oxygen atoms in total. The Labute approximate surface area is 117 Å². The summed E-state index contributed by atoms with van der Waals surface area (Å²) in [6.45, 7) is 0. The van der Waals surface area contributed by atoms with Gasteiger partial charge in [0.2, 0.25) is 0 Å². The molecule has 2 atom stereocenters. The van der Waals surface area contributed by atoms with Crippen molar-refractivity contribution in [2.75, 3.05) is 12.9 Å². The SMILES string of the molecule is COC(=O)C1(N)CCCC1CCSc1cnccn1. The van der Waals surface area contributed by atoms with Crippen LogP contribution >= 0.6 is 11.8 Å². The Balaban J connectivity index is 1.87. The molecule has 1 aliphatic rings. The first kappa shape index (κ1) is 14.3. The van der Waals surface area contributed by atoms with E-state index in [9.17, 15) is 4.79 Å². The number of thioether (sulfide) groups is 1. The number of rotatable bonds is 5. The smallest absolute Gasteiger partial charge is 0.326 e. The second kappa shape index (κ2) is 6.34. The molecule has 0 spiro atoms. The van der Waals surface area contributed by atoms with Gasteiger partial charge in [-0.05, 0) is 30.9 Å². The topological polar surface area (TPSA) is 78.1 Å². The first-order chi connectivity index (χ1) is 9.16. The molecule has 2 unspecified atom stereocenters. The second-order valence-corrected chi connectivity index (χ2v) is 5.92. The minimum atomic E-state index is -0.794. The van der Waals surface area contributed by atoms with Gasteiger partial charge in [-0.15, -0.1) is 11.8 Å². The third-order valence-corrected chi connectivity index (χ3v) is 4.64. The average Bonchev–Trinajstić information content (AvgIpc) is 2.82. The van der Waals surface area contributed by atoms with Crippen molar-refractivity contribution in [2.45, 2.75) is 36.2 Å². The van der Waals surface area contributed by atoms with Crippen LogP contribution < -0.4 is 5.73 Å². The molecule has 0 saturated heterocycles. The van der Waals surface area contributed by atoms with Crippen molar-refractivity contribution >= 4 is 17.7 Å². The molecule has 2 rings (SSSR count). The van der Waals surface area contributed by atoms with Gasteiger partial charge in [-0.25, -0.2) is 4.98 Å². The quantitative estimate of drug-likeness (QED) is 0.653. The molecule has 1 saturated carbocycles. The van der Waals surface area contributed by atoms with Gasteiger partial charge in [0.1, 0.15) is 10.6 Å². The van der Waals surface area contributed by atoms with Crippen LogP contribution in [-0.4, -0.2) is 34.3 Å². The number of carbonyl (C=O) groups is 1. The summed E-state index contributed by atoms with van der Waals surface area (Å²) in [7, 11) is 1.40. The molecular weight excluding hydrogens is 262 g/mol. The molecule has 0 aromatic carbocycles. The normalized spacial score (nSPS) is 26.3. The van der Waals surface area contributed by atoms with Crippen LogP contribution in [0.25, 0.3) is 0 Å². The lowest BCUT2D eigenvalue weighted by molar-refractivity contribution is -0.148. The van der Waals surface area contributed by atoms with Crippen molar-refractivity contribution in [3.63, 3.8) is 0 Å². The number of aromatic nitrogens is 2. The Kier molecular flexibility index (Phi) is 4.76. The minimum absolute atomic E-state index is 0.198. The number of esters is 1. The van der Waals surface area contributed by atoms with E-state index in [0.717, 1.165) is 36.5 Å².